The number of halogens is 2. The molecule has 1 saturated heterocycles. The van der Waals surface area contributed by atoms with Crippen LogP contribution in [0.25, 0.3) is 10.9 Å². The van der Waals surface area contributed by atoms with Crippen molar-refractivity contribution in [3.63, 3.8) is 0 Å². The lowest BCUT2D eigenvalue weighted by atomic mass is 9.97. The standard InChI is InChI=1S/C29H30BrClN4O3/c1-2-3-4-26(36)33-11-13-34(14-12-33)29(38)23-16-27(37)35(18-19-5-7-20(30)8-6-19)28(23)24-17-32-25-15-21(31)9-10-22(24)25/h5-10,15-17,28,32H,2-4,11-14,18H2,1H3. The van der Waals surface area contributed by atoms with Crippen LogP contribution < -0.4 is 0 Å². The van der Waals surface area contributed by atoms with Crippen LogP contribution in [0.4, 0.5) is 0 Å². The first-order valence-corrected chi connectivity index (χ1v) is 14.1. The number of hydrogen-bond donors (Lipinski definition) is 1. The molecule has 1 aromatic heterocycles. The Morgan fingerprint density at radius 1 is 1.05 bits per heavy atom. The quantitative estimate of drug-likeness (QED) is 0.393. The van der Waals surface area contributed by atoms with E-state index >= 15 is 0 Å². The van der Waals surface area contributed by atoms with Gasteiger partial charge in [0.15, 0.2) is 0 Å². The average Bonchev–Trinajstić information content (AvgIpc) is 3.48. The van der Waals surface area contributed by atoms with Crippen molar-refractivity contribution in [2.24, 2.45) is 0 Å². The minimum absolute atomic E-state index is 0.144. The van der Waals surface area contributed by atoms with E-state index in [2.05, 4.69) is 27.8 Å². The van der Waals surface area contributed by atoms with E-state index in [4.69, 9.17) is 11.6 Å². The maximum absolute atomic E-state index is 13.9. The van der Waals surface area contributed by atoms with Gasteiger partial charge in [0, 0.05) is 83.0 Å². The first-order chi connectivity index (χ1) is 18.4. The minimum Gasteiger partial charge on any atom is -0.361 e. The van der Waals surface area contributed by atoms with Gasteiger partial charge in [-0.05, 0) is 36.2 Å². The number of nitrogens with one attached hydrogen (secondary N) is 1. The molecule has 3 amide bonds. The fraction of sp³-hybridized carbons (Fsp3) is 0.345. The largest absolute Gasteiger partial charge is 0.361 e. The van der Waals surface area contributed by atoms with Crippen molar-refractivity contribution >= 4 is 56.2 Å². The van der Waals surface area contributed by atoms with Crippen LogP contribution in [-0.4, -0.2) is 63.6 Å². The maximum atomic E-state index is 13.9. The minimum atomic E-state index is -0.544. The van der Waals surface area contributed by atoms with Crippen LogP contribution in [0.1, 0.15) is 43.4 Å². The Hall–Kier alpha value is -3.10. The van der Waals surface area contributed by atoms with Crippen molar-refractivity contribution in [2.75, 3.05) is 26.2 Å². The molecule has 1 atom stereocenters. The molecule has 7 nitrogen and oxygen atoms in total. The van der Waals surface area contributed by atoms with E-state index in [0.29, 0.717) is 49.7 Å². The fourth-order valence-corrected chi connectivity index (χ4v) is 5.67. The van der Waals surface area contributed by atoms with Crippen LogP contribution in [0, 0.1) is 0 Å². The third-order valence-electron chi connectivity index (χ3n) is 7.32. The highest BCUT2D eigenvalue weighted by Crippen LogP contribution is 2.40. The summed E-state index contributed by atoms with van der Waals surface area (Å²) < 4.78 is 0.959. The van der Waals surface area contributed by atoms with Crippen LogP contribution in [0.5, 0.6) is 0 Å². The predicted molar refractivity (Wildman–Crippen MR) is 152 cm³/mol. The van der Waals surface area contributed by atoms with Gasteiger partial charge in [-0.25, -0.2) is 0 Å². The van der Waals surface area contributed by atoms with E-state index in [1.54, 1.807) is 9.80 Å². The highest BCUT2D eigenvalue weighted by atomic mass is 79.9. The zero-order chi connectivity index (χ0) is 26.8. The van der Waals surface area contributed by atoms with Gasteiger partial charge in [-0.2, -0.15) is 0 Å². The Morgan fingerprint density at radius 3 is 2.47 bits per heavy atom. The van der Waals surface area contributed by atoms with Crippen LogP contribution in [0.2, 0.25) is 5.02 Å². The van der Waals surface area contributed by atoms with E-state index in [9.17, 15) is 14.4 Å². The molecule has 9 heteroatoms. The molecular formula is C29H30BrClN4O3. The summed E-state index contributed by atoms with van der Waals surface area (Å²) in [6, 6.07) is 12.9. The van der Waals surface area contributed by atoms with E-state index in [0.717, 1.165) is 39.3 Å². The van der Waals surface area contributed by atoms with Crippen molar-refractivity contribution in [3.8, 4) is 0 Å². The molecule has 0 radical (unpaired) electrons. The lowest BCUT2D eigenvalue weighted by molar-refractivity contribution is -0.138. The summed E-state index contributed by atoms with van der Waals surface area (Å²) in [7, 11) is 0. The van der Waals surface area contributed by atoms with Crippen molar-refractivity contribution in [1.82, 2.24) is 19.7 Å². The van der Waals surface area contributed by atoms with Crippen molar-refractivity contribution in [3.05, 3.63) is 80.9 Å². The molecule has 1 unspecified atom stereocenters. The smallest absolute Gasteiger partial charge is 0.252 e. The maximum Gasteiger partial charge on any atom is 0.252 e. The molecule has 5 rings (SSSR count). The van der Waals surface area contributed by atoms with Crippen LogP contribution in [-0.2, 0) is 20.9 Å². The van der Waals surface area contributed by atoms with Crippen LogP contribution in [0.15, 0.2) is 64.8 Å². The molecule has 0 aliphatic carbocycles. The zero-order valence-corrected chi connectivity index (χ0v) is 23.6. The molecule has 0 saturated carbocycles. The lowest BCUT2D eigenvalue weighted by Crippen LogP contribution is -2.51. The van der Waals surface area contributed by atoms with Crippen molar-refractivity contribution in [2.45, 2.75) is 38.8 Å². The average molecular weight is 598 g/mol. The number of piperazine rings is 1. The Morgan fingerprint density at radius 2 is 1.76 bits per heavy atom. The van der Waals surface area contributed by atoms with Gasteiger partial charge in [-0.15, -0.1) is 0 Å². The molecule has 0 bridgehead atoms. The highest BCUT2D eigenvalue weighted by molar-refractivity contribution is 9.10. The molecular weight excluding hydrogens is 568 g/mol. The Balaban J connectivity index is 1.42. The van der Waals surface area contributed by atoms with Gasteiger partial charge < -0.3 is 19.7 Å². The molecule has 38 heavy (non-hydrogen) atoms. The fourth-order valence-electron chi connectivity index (χ4n) is 5.23. The lowest BCUT2D eigenvalue weighted by Gasteiger charge is -2.36. The normalized spacial score (nSPS) is 17.9. The van der Waals surface area contributed by atoms with E-state index in [1.807, 2.05) is 53.6 Å². The third-order valence-corrected chi connectivity index (χ3v) is 8.08. The zero-order valence-electron chi connectivity index (χ0n) is 21.3. The number of rotatable bonds is 7. The summed E-state index contributed by atoms with van der Waals surface area (Å²) in [6.07, 6.45) is 5.74. The van der Waals surface area contributed by atoms with Gasteiger partial charge in [-0.1, -0.05) is 59.1 Å². The van der Waals surface area contributed by atoms with Gasteiger partial charge in [0.25, 0.3) is 5.91 Å². The van der Waals surface area contributed by atoms with Crippen LogP contribution in [0.3, 0.4) is 0 Å². The number of aromatic nitrogens is 1. The highest BCUT2D eigenvalue weighted by Gasteiger charge is 2.40. The number of nitrogens with zero attached hydrogens (tertiary/aromatic N) is 3. The van der Waals surface area contributed by atoms with Crippen LogP contribution >= 0.6 is 27.5 Å². The van der Waals surface area contributed by atoms with Gasteiger partial charge in [0.1, 0.15) is 0 Å². The van der Waals surface area contributed by atoms with E-state index < -0.39 is 6.04 Å². The molecule has 1 fully saturated rings. The van der Waals surface area contributed by atoms with Gasteiger partial charge in [0.2, 0.25) is 11.8 Å². The number of benzene rings is 2. The second-order valence-electron chi connectivity index (χ2n) is 9.81. The molecule has 3 aromatic rings. The summed E-state index contributed by atoms with van der Waals surface area (Å²) in [5.74, 6) is -0.214. The second-order valence-corrected chi connectivity index (χ2v) is 11.2. The molecule has 1 N–H and O–H groups in total. The molecule has 2 aliphatic rings. The summed E-state index contributed by atoms with van der Waals surface area (Å²) in [4.78, 5) is 48.3. The van der Waals surface area contributed by atoms with E-state index in [-0.39, 0.29) is 17.7 Å². The van der Waals surface area contributed by atoms with Crippen molar-refractivity contribution < 1.29 is 14.4 Å². The third kappa shape index (κ3) is 5.38. The topological polar surface area (TPSA) is 76.7 Å². The monoisotopic (exact) mass is 596 g/mol. The predicted octanol–water partition coefficient (Wildman–Crippen LogP) is 5.45. The number of carbonyl (C=O) groups excluding carboxylic acids is 3. The number of amides is 3. The molecule has 3 heterocycles. The Kier molecular flexibility index (Phi) is 7.91. The Bertz CT molecular complexity index is 1390. The Labute approximate surface area is 235 Å². The number of hydrogen-bond acceptors (Lipinski definition) is 3. The first kappa shape index (κ1) is 26.5. The summed E-state index contributed by atoms with van der Waals surface area (Å²) in [6.45, 7) is 4.35. The van der Waals surface area contributed by atoms with Gasteiger partial charge >= 0.3 is 0 Å². The molecule has 2 aromatic carbocycles. The van der Waals surface area contributed by atoms with Gasteiger partial charge in [-0.3, -0.25) is 14.4 Å². The van der Waals surface area contributed by atoms with Crippen molar-refractivity contribution in [1.29, 1.82) is 0 Å². The van der Waals surface area contributed by atoms with E-state index in [1.165, 1.54) is 6.08 Å². The van der Waals surface area contributed by atoms with Gasteiger partial charge in [0.05, 0.1) is 6.04 Å². The second kappa shape index (κ2) is 11.3. The number of aromatic amines is 1. The number of fused-ring (bicyclic) bond motifs is 1. The number of carbonyl (C=O) groups is 3. The summed E-state index contributed by atoms with van der Waals surface area (Å²) >= 11 is 9.68. The SMILES string of the molecule is CCCCC(=O)N1CCN(C(=O)C2=CC(=O)N(Cc3ccc(Br)cc3)C2c2c[nH]c3cc(Cl)ccc23)CC1. The molecule has 0 spiro atoms. The first-order valence-electron chi connectivity index (χ1n) is 13.0. The number of H-pyrrole nitrogens is 1. The summed E-state index contributed by atoms with van der Waals surface area (Å²) in [5.41, 5.74) is 3.12. The number of unbranched alkanes of at least 4 members (excludes halogenated alkanes) is 1. The molecule has 2 aliphatic heterocycles. The summed E-state index contributed by atoms with van der Waals surface area (Å²) in [5, 5.41) is 1.53. The molecule has 198 valence electrons.